The molecule has 3 nitrogen and oxygen atoms in total. The predicted octanol–water partition coefficient (Wildman–Crippen LogP) is 2.18. The second-order valence-corrected chi connectivity index (χ2v) is 2.85. The van der Waals surface area contributed by atoms with Gasteiger partial charge in [-0.15, -0.1) is 0 Å². The maximum atomic E-state index is 10.1. The standard InChI is InChI=1S/C9H14N2O/c1-3-5-9(7-10,6-4-2)11-8-12/h3-6H2,1-2H3. The Labute approximate surface area is 73.1 Å². The van der Waals surface area contributed by atoms with Crippen LogP contribution in [0.5, 0.6) is 0 Å². The molecule has 66 valence electrons. The van der Waals surface area contributed by atoms with E-state index >= 15 is 0 Å². The largest absolute Gasteiger partial charge is 0.236 e. The quantitative estimate of drug-likeness (QED) is 0.464. The monoisotopic (exact) mass is 166 g/mol. The minimum absolute atomic E-state index is 0.645. The van der Waals surface area contributed by atoms with Crippen LogP contribution in [0.3, 0.4) is 0 Å². The van der Waals surface area contributed by atoms with Crippen LogP contribution in [-0.4, -0.2) is 11.6 Å². The topological polar surface area (TPSA) is 53.2 Å². The fourth-order valence-corrected chi connectivity index (χ4v) is 1.29. The van der Waals surface area contributed by atoms with Gasteiger partial charge >= 0.3 is 0 Å². The van der Waals surface area contributed by atoms with Gasteiger partial charge in [-0.25, -0.2) is 4.79 Å². The van der Waals surface area contributed by atoms with Crippen molar-refractivity contribution < 1.29 is 4.79 Å². The zero-order valence-electron chi connectivity index (χ0n) is 7.63. The zero-order chi connectivity index (χ0) is 9.45. The Kier molecular flexibility index (Phi) is 4.99. The average molecular weight is 166 g/mol. The van der Waals surface area contributed by atoms with Crippen LogP contribution in [0.15, 0.2) is 4.99 Å². The molecule has 0 aromatic rings. The minimum Gasteiger partial charge on any atom is -0.211 e. The van der Waals surface area contributed by atoms with Gasteiger partial charge in [-0.05, 0) is 12.8 Å². The van der Waals surface area contributed by atoms with Crippen molar-refractivity contribution in [3.63, 3.8) is 0 Å². The van der Waals surface area contributed by atoms with Gasteiger partial charge < -0.3 is 0 Å². The van der Waals surface area contributed by atoms with Crippen molar-refractivity contribution in [3.05, 3.63) is 0 Å². The highest BCUT2D eigenvalue weighted by atomic mass is 16.1. The summed E-state index contributed by atoms with van der Waals surface area (Å²) in [5.41, 5.74) is -0.800. The van der Waals surface area contributed by atoms with Crippen LogP contribution in [0.4, 0.5) is 0 Å². The van der Waals surface area contributed by atoms with Gasteiger partial charge in [-0.1, -0.05) is 26.7 Å². The van der Waals surface area contributed by atoms with Crippen LogP contribution in [0.25, 0.3) is 0 Å². The van der Waals surface area contributed by atoms with Crippen molar-refractivity contribution in [1.82, 2.24) is 0 Å². The molecule has 0 spiro atoms. The molecule has 3 heteroatoms. The van der Waals surface area contributed by atoms with Gasteiger partial charge in [0, 0.05) is 0 Å². The van der Waals surface area contributed by atoms with Gasteiger partial charge in [-0.3, -0.25) is 0 Å². The summed E-state index contributed by atoms with van der Waals surface area (Å²) in [5.74, 6) is 0. The normalized spacial score (nSPS) is 10.1. The van der Waals surface area contributed by atoms with Gasteiger partial charge in [0.2, 0.25) is 6.08 Å². The van der Waals surface area contributed by atoms with E-state index in [1.807, 2.05) is 13.8 Å². The summed E-state index contributed by atoms with van der Waals surface area (Å²) < 4.78 is 0. The molecule has 0 radical (unpaired) electrons. The van der Waals surface area contributed by atoms with Crippen LogP contribution in [0, 0.1) is 11.3 Å². The highest BCUT2D eigenvalue weighted by Gasteiger charge is 2.26. The summed E-state index contributed by atoms with van der Waals surface area (Å²) in [6, 6.07) is 2.09. The van der Waals surface area contributed by atoms with Gasteiger partial charge in [-0.2, -0.15) is 10.3 Å². The van der Waals surface area contributed by atoms with Crippen molar-refractivity contribution in [2.45, 2.75) is 45.1 Å². The molecule has 0 unspecified atom stereocenters. The fourth-order valence-electron chi connectivity index (χ4n) is 1.29. The maximum Gasteiger partial charge on any atom is 0.236 e. The Morgan fingerprint density at radius 2 is 1.83 bits per heavy atom. The Morgan fingerprint density at radius 3 is 2.08 bits per heavy atom. The summed E-state index contributed by atoms with van der Waals surface area (Å²) in [4.78, 5) is 13.7. The third-order valence-electron chi connectivity index (χ3n) is 1.79. The smallest absolute Gasteiger partial charge is 0.211 e. The average Bonchev–Trinajstić information content (AvgIpc) is 2.06. The molecule has 0 atom stereocenters. The van der Waals surface area contributed by atoms with Gasteiger partial charge in [0.25, 0.3) is 0 Å². The van der Waals surface area contributed by atoms with Crippen molar-refractivity contribution in [2.75, 3.05) is 0 Å². The van der Waals surface area contributed by atoms with E-state index in [0.717, 1.165) is 12.8 Å². The number of hydrogen-bond donors (Lipinski definition) is 0. The molecule has 0 N–H and O–H groups in total. The van der Waals surface area contributed by atoms with Crippen LogP contribution >= 0.6 is 0 Å². The molecule has 12 heavy (non-hydrogen) atoms. The Morgan fingerprint density at radius 1 is 1.33 bits per heavy atom. The molecule has 0 fully saturated rings. The van der Waals surface area contributed by atoms with E-state index in [1.165, 1.54) is 6.08 Å². The number of isocyanates is 1. The Balaban J connectivity index is 4.52. The summed E-state index contributed by atoms with van der Waals surface area (Å²) in [6.07, 6.45) is 4.49. The molecule has 0 aromatic carbocycles. The molecule has 0 amide bonds. The molecule has 0 aromatic heterocycles. The van der Waals surface area contributed by atoms with Gasteiger partial charge in [0.15, 0.2) is 5.54 Å². The maximum absolute atomic E-state index is 10.1. The van der Waals surface area contributed by atoms with E-state index in [0.29, 0.717) is 12.8 Å². The molecule has 0 saturated heterocycles. The molecule has 0 bridgehead atoms. The van der Waals surface area contributed by atoms with E-state index in [2.05, 4.69) is 11.1 Å². The van der Waals surface area contributed by atoms with Crippen LogP contribution in [0.1, 0.15) is 39.5 Å². The lowest BCUT2D eigenvalue weighted by Gasteiger charge is -2.17. The van der Waals surface area contributed by atoms with Gasteiger partial charge in [0.05, 0.1) is 6.07 Å². The third-order valence-corrected chi connectivity index (χ3v) is 1.79. The molecule has 0 aliphatic rings. The lowest BCUT2D eigenvalue weighted by Crippen LogP contribution is -2.23. The lowest BCUT2D eigenvalue weighted by atomic mass is 9.91. The molecule has 0 saturated carbocycles. The highest BCUT2D eigenvalue weighted by Crippen LogP contribution is 2.22. The number of nitriles is 1. The molecule has 0 rings (SSSR count). The van der Waals surface area contributed by atoms with Crippen molar-refractivity contribution in [3.8, 4) is 6.07 Å². The van der Waals surface area contributed by atoms with E-state index < -0.39 is 5.54 Å². The van der Waals surface area contributed by atoms with Crippen LogP contribution < -0.4 is 0 Å². The van der Waals surface area contributed by atoms with E-state index in [1.54, 1.807) is 0 Å². The summed E-state index contributed by atoms with van der Waals surface area (Å²) in [7, 11) is 0. The van der Waals surface area contributed by atoms with E-state index in [-0.39, 0.29) is 0 Å². The second-order valence-electron chi connectivity index (χ2n) is 2.85. The van der Waals surface area contributed by atoms with E-state index in [4.69, 9.17) is 5.26 Å². The van der Waals surface area contributed by atoms with Crippen LogP contribution in [0.2, 0.25) is 0 Å². The fraction of sp³-hybridized carbons (Fsp3) is 0.778. The van der Waals surface area contributed by atoms with Crippen molar-refractivity contribution >= 4 is 6.08 Å². The first-order valence-corrected chi connectivity index (χ1v) is 4.25. The molecule has 0 heterocycles. The SMILES string of the molecule is CCCC(C#N)(CCC)N=C=O. The number of nitrogens with zero attached hydrogens (tertiary/aromatic N) is 2. The lowest BCUT2D eigenvalue weighted by molar-refractivity contribution is 0.448. The van der Waals surface area contributed by atoms with Crippen molar-refractivity contribution in [2.24, 2.45) is 4.99 Å². The van der Waals surface area contributed by atoms with Crippen LogP contribution in [-0.2, 0) is 4.79 Å². The number of carbonyl (C=O) groups excluding carboxylic acids is 1. The zero-order valence-corrected chi connectivity index (χ0v) is 7.63. The highest BCUT2D eigenvalue weighted by molar-refractivity contribution is 5.36. The Bertz CT molecular complexity index is 205. The molecule has 0 aliphatic heterocycles. The first-order valence-electron chi connectivity index (χ1n) is 4.25. The minimum atomic E-state index is -0.800. The van der Waals surface area contributed by atoms with Crippen molar-refractivity contribution in [1.29, 1.82) is 5.26 Å². The van der Waals surface area contributed by atoms with E-state index in [9.17, 15) is 4.79 Å². The third kappa shape index (κ3) is 2.86. The van der Waals surface area contributed by atoms with Gasteiger partial charge in [0.1, 0.15) is 0 Å². The summed E-state index contributed by atoms with van der Waals surface area (Å²) >= 11 is 0. The summed E-state index contributed by atoms with van der Waals surface area (Å²) in [5, 5.41) is 8.85. The first-order chi connectivity index (χ1) is 5.74. The number of rotatable bonds is 5. The number of aliphatic imine (C=N–C) groups is 1. The predicted molar refractivity (Wildman–Crippen MR) is 46.3 cm³/mol. The molecule has 0 aliphatic carbocycles. The number of hydrogen-bond acceptors (Lipinski definition) is 3. The molecular formula is C9H14N2O. The first kappa shape index (κ1) is 10.9. The second kappa shape index (κ2) is 5.51. The molecular weight excluding hydrogens is 152 g/mol. The Hall–Kier alpha value is -1.13. The summed E-state index contributed by atoms with van der Waals surface area (Å²) in [6.45, 7) is 3.95.